The minimum Gasteiger partial charge on any atom is -0.481 e. The first-order chi connectivity index (χ1) is 14.2. The number of esters is 2. The maximum Gasteiger partial charge on any atom is 0.375 e. The Morgan fingerprint density at radius 1 is 1.17 bits per heavy atom. The second-order valence-electron chi connectivity index (χ2n) is 5.46. The first kappa shape index (κ1) is 26.9. The van der Waals surface area contributed by atoms with Crippen LogP contribution in [0.1, 0.15) is 19.3 Å². The van der Waals surface area contributed by atoms with Crippen LogP contribution in [-0.2, 0) is 33.5 Å². The van der Waals surface area contributed by atoms with E-state index in [-0.39, 0.29) is 50.5 Å². The lowest BCUT2D eigenvalue weighted by molar-refractivity contribution is -0.757. The molecular weight excluding hydrogens is 430 g/mol. The average molecular weight is 453 g/mol. The molecule has 0 aromatic heterocycles. The second-order valence-corrected chi connectivity index (χ2v) is 6.49. The average Bonchev–Trinajstić information content (AvgIpc) is 2.68. The molecule has 170 valence electrons. The maximum absolute atomic E-state index is 11.8. The van der Waals surface area contributed by atoms with E-state index in [4.69, 9.17) is 5.11 Å². The number of thioether (sulfide) groups is 1. The topological polar surface area (TPSA) is 200 Å². The van der Waals surface area contributed by atoms with E-state index in [2.05, 4.69) is 24.9 Å². The van der Waals surface area contributed by atoms with E-state index in [9.17, 15) is 34.1 Å². The molecule has 0 unspecified atom stereocenters. The molecule has 0 aromatic carbocycles. The number of carbonyl (C=O) groups excluding carboxylic acids is 4. The Labute approximate surface area is 175 Å². The van der Waals surface area contributed by atoms with Crippen LogP contribution in [0.4, 0.5) is 4.79 Å². The number of carboxylic acid groups (broad SMARTS) is 1. The molecule has 0 aliphatic rings. The number of methoxy groups -OCH3 is 1. The number of nitrogens with zero attached hydrogens (tertiary/aromatic N) is 1. The fourth-order valence-corrected chi connectivity index (χ4v) is 2.61. The number of hydrogen-bond donors (Lipinski definition) is 3. The number of ether oxygens (including phenoxy) is 2. The van der Waals surface area contributed by atoms with E-state index in [0.717, 1.165) is 18.9 Å². The van der Waals surface area contributed by atoms with Gasteiger partial charge in [-0.1, -0.05) is 0 Å². The molecule has 0 heterocycles. The molecule has 1 atom stereocenters. The number of ketones is 1. The lowest BCUT2D eigenvalue weighted by Crippen LogP contribution is -2.48. The van der Waals surface area contributed by atoms with Crippen molar-refractivity contribution in [2.45, 2.75) is 25.3 Å². The fourth-order valence-electron chi connectivity index (χ4n) is 1.73. The van der Waals surface area contributed by atoms with Crippen molar-refractivity contribution < 1.29 is 48.5 Å². The van der Waals surface area contributed by atoms with Gasteiger partial charge in [0.05, 0.1) is 26.1 Å². The summed E-state index contributed by atoms with van der Waals surface area (Å²) >= 11 is 0.878. The van der Waals surface area contributed by atoms with Crippen LogP contribution in [0.2, 0.25) is 0 Å². The summed E-state index contributed by atoms with van der Waals surface area (Å²) in [6.07, 6.45) is 0.107. The predicted molar refractivity (Wildman–Crippen MR) is 100 cm³/mol. The minimum absolute atomic E-state index is 0.0308. The summed E-state index contributed by atoms with van der Waals surface area (Å²) in [6, 6.07) is -1.83. The van der Waals surface area contributed by atoms with Crippen molar-refractivity contribution in [3.05, 3.63) is 10.1 Å². The van der Waals surface area contributed by atoms with Crippen LogP contribution in [0.25, 0.3) is 0 Å². The highest BCUT2D eigenvalue weighted by Gasteiger charge is 2.23. The molecule has 0 rings (SSSR count). The van der Waals surface area contributed by atoms with Gasteiger partial charge in [-0.3, -0.25) is 9.59 Å². The van der Waals surface area contributed by atoms with Gasteiger partial charge in [0.1, 0.15) is 6.04 Å². The van der Waals surface area contributed by atoms with Gasteiger partial charge in [0, 0.05) is 25.1 Å². The number of carbonyl (C=O) groups is 5. The third kappa shape index (κ3) is 14.0. The van der Waals surface area contributed by atoms with Crippen LogP contribution in [0, 0.1) is 10.1 Å². The first-order valence-corrected chi connectivity index (χ1v) is 9.71. The molecule has 14 nitrogen and oxygen atoms in total. The van der Waals surface area contributed by atoms with Crippen molar-refractivity contribution in [1.82, 2.24) is 10.6 Å². The van der Waals surface area contributed by atoms with Crippen molar-refractivity contribution >= 4 is 41.5 Å². The van der Waals surface area contributed by atoms with Gasteiger partial charge in [0.2, 0.25) is 5.78 Å². The summed E-state index contributed by atoms with van der Waals surface area (Å²) in [4.78, 5) is 71.0. The summed E-state index contributed by atoms with van der Waals surface area (Å²) in [5.41, 5.74) is 0. The Hall–Kier alpha value is -3.10. The van der Waals surface area contributed by atoms with E-state index in [1.165, 1.54) is 0 Å². The van der Waals surface area contributed by atoms with E-state index in [1.807, 2.05) is 0 Å². The third-order valence-corrected chi connectivity index (χ3v) is 4.14. The number of amides is 2. The van der Waals surface area contributed by atoms with E-state index in [0.29, 0.717) is 0 Å². The number of rotatable bonds is 16. The van der Waals surface area contributed by atoms with Crippen LogP contribution in [0.15, 0.2) is 0 Å². The number of aliphatic carboxylic acids is 1. The van der Waals surface area contributed by atoms with E-state index < -0.39 is 40.9 Å². The third-order valence-electron chi connectivity index (χ3n) is 3.11. The number of nitrogens with one attached hydrogen (secondary N) is 2. The molecule has 0 aromatic rings. The number of urea groups is 1. The molecule has 0 spiro atoms. The summed E-state index contributed by atoms with van der Waals surface area (Å²) in [5, 5.41) is 22.2. The van der Waals surface area contributed by atoms with Gasteiger partial charge in [-0.2, -0.15) is 11.8 Å². The van der Waals surface area contributed by atoms with E-state index >= 15 is 0 Å². The maximum atomic E-state index is 11.8. The van der Waals surface area contributed by atoms with Crippen molar-refractivity contribution in [3.63, 3.8) is 0 Å². The van der Waals surface area contributed by atoms with Crippen molar-refractivity contribution in [2.24, 2.45) is 0 Å². The van der Waals surface area contributed by atoms with Gasteiger partial charge < -0.3 is 30.1 Å². The molecule has 3 N–H and O–H groups in total. The molecule has 0 aliphatic heterocycles. The molecule has 0 radical (unpaired) electrons. The van der Waals surface area contributed by atoms with Crippen LogP contribution in [0.5, 0.6) is 0 Å². The highest BCUT2D eigenvalue weighted by atomic mass is 32.2. The number of hydrogen-bond acceptors (Lipinski definition) is 11. The van der Waals surface area contributed by atoms with Gasteiger partial charge in [0.25, 0.3) is 5.09 Å². The second kappa shape index (κ2) is 15.8. The van der Waals surface area contributed by atoms with Gasteiger partial charge in [-0.25, -0.2) is 14.4 Å². The molecular formula is C15H23N3O11S. The van der Waals surface area contributed by atoms with Gasteiger partial charge in [-0.05, 0) is 6.42 Å². The summed E-state index contributed by atoms with van der Waals surface area (Å²) in [6.45, 7) is -0.443. The molecule has 0 aliphatic carbocycles. The molecule has 2 amide bonds. The van der Waals surface area contributed by atoms with Gasteiger partial charge in [-0.15, -0.1) is 10.1 Å². The summed E-state index contributed by atoms with van der Waals surface area (Å²) in [7, 11) is 1.11. The summed E-state index contributed by atoms with van der Waals surface area (Å²) < 4.78 is 9.19. The predicted octanol–water partition coefficient (Wildman–Crippen LogP) is -0.864. The fraction of sp³-hybridized carbons (Fsp3) is 0.667. The minimum atomic E-state index is -1.14. The molecule has 0 fully saturated rings. The molecule has 30 heavy (non-hydrogen) atoms. The van der Waals surface area contributed by atoms with Crippen molar-refractivity contribution in [3.8, 4) is 0 Å². The zero-order chi connectivity index (χ0) is 22.9. The Balaban J connectivity index is 4.23. The quantitative estimate of drug-likeness (QED) is 0.0859. The molecule has 0 saturated carbocycles. The molecule has 0 saturated heterocycles. The lowest BCUT2D eigenvalue weighted by Gasteiger charge is -2.16. The standard InChI is InChI=1S/C15H23N3O11S/c1-27-13(22)10(17-15(24)16-5-2-4-12(20)21)8-30-9-11(19)14(23)28-6-3-7-29-18(25)26/h10H,2-9H2,1H3,(H,20,21)(H2,16,17,24)/t10-/m0/s1. The van der Waals surface area contributed by atoms with E-state index in [1.54, 1.807) is 0 Å². The van der Waals surface area contributed by atoms with Crippen LogP contribution >= 0.6 is 11.8 Å². The van der Waals surface area contributed by atoms with Crippen molar-refractivity contribution in [1.29, 1.82) is 0 Å². The largest absolute Gasteiger partial charge is 0.481 e. The normalized spacial score (nSPS) is 11.0. The zero-order valence-electron chi connectivity index (χ0n) is 16.1. The van der Waals surface area contributed by atoms with Gasteiger partial charge in [0.15, 0.2) is 0 Å². The Morgan fingerprint density at radius 3 is 2.47 bits per heavy atom. The van der Waals surface area contributed by atoms with Crippen LogP contribution in [-0.4, -0.2) is 84.3 Å². The molecule has 15 heteroatoms. The first-order valence-electron chi connectivity index (χ1n) is 8.56. The Kier molecular flexibility index (Phi) is 14.1. The lowest BCUT2D eigenvalue weighted by atomic mass is 10.3. The smallest absolute Gasteiger partial charge is 0.375 e. The summed E-state index contributed by atoms with van der Waals surface area (Å²) in [5.74, 6) is -4.22. The highest BCUT2D eigenvalue weighted by molar-refractivity contribution is 8.00. The Bertz CT molecular complexity index is 629. The van der Waals surface area contributed by atoms with Crippen LogP contribution in [0.3, 0.4) is 0 Å². The Morgan fingerprint density at radius 2 is 1.87 bits per heavy atom. The monoisotopic (exact) mass is 453 g/mol. The van der Waals surface area contributed by atoms with Gasteiger partial charge >= 0.3 is 23.9 Å². The SMILES string of the molecule is COC(=O)[C@H](CSCC(=O)C(=O)OCCCO[N+](=O)[O-])NC(=O)NCCCC(=O)O. The zero-order valence-corrected chi connectivity index (χ0v) is 16.9. The molecule has 0 bridgehead atoms. The number of Topliss-reactive ketones (excluding diaryl/α,β-unsaturated/α-hetero) is 1. The van der Waals surface area contributed by atoms with Crippen molar-refractivity contribution in [2.75, 3.05) is 38.4 Å². The van der Waals surface area contributed by atoms with Crippen LogP contribution < -0.4 is 10.6 Å². The number of carboxylic acids is 1. The highest BCUT2D eigenvalue weighted by Crippen LogP contribution is 2.06.